The fourth-order valence-corrected chi connectivity index (χ4v) is 2.87. The number of hydrogen-bond donors (Lipinski definition) is 1. The highest BCUT2D eigenvalue weighted by Crippen LogP contribution is 2.28. The van der Waals surface area contributed by atoms with E-state index in [4.69, 9.17) is 9.47 Å². The van der Waals surface area contributed by atoms with Crippen molar-refractivity contribution in [3.05, 3.63) is 35.9 Å². The quantitative estimate of drug-likeness (QED) is 0.757. The van der Waals surface area contributed by atoms with Crippen LogP contribution in [0.15, 0.2) is 30.3 Å². The third kappa shape index (κ3) is 4.08. The molecule has 27 heavy (non-hydrogen) atoms. The zero-order chi connectivity index (χ0) is 19.2. The number of benzene rings is 1. The molecule has 1 N–H and O–H groups in total. The van der Waals surface area contributed by atoms with Gasteiger partial charge in [-0.05, 0) is 24.3 Å². The van der Waals surface area contributed by atoms with E-state index in [2.05, 4.69) is 15.5 Å². The van der Waals surface area contributed by atoms with E-state index in [9.17, 15) is 9.59 Å². The maximum Gasteiger partial charge on any atom is 0.264 e. The van der Waals surface area contributed by atoms with Gasteiger partial charge in [-0.2, -0.15) is 0 Å². The third-order valence-electron chi connectivity index (χ3n) is 4.33. The molecule has 0 atom stereocenters. The Balaban J connectivity index is 1.70. The molecule has 0 aliphatic carbocycles. The maximum absolute atomic E-state index is 12.6. The molecule has 1 saturated heterocycles. The second-order valence-corrected chi connectivity index (χ2v) is 5.90. The monoisotopic (exact) mass is 371 g/mol. The first-order valence-electron chi connectivity index (χ1n) is 8.46. The molecule has 1 aromatic heterocycles. The number of aromatic nitrogens is 2. The standard InChI is InChI=1S/C18H21N5O4/c1-26-13-4-3-5-14(27-2)17(13)18(25)19-15-6-7-16(21-20-15)23-10-8-22(12-24)9-11-23/h3-7,12H,8-11H2,1-2H3,(H,19,20,25). The smallest absolute Gasteiger partial charge is 0.264 e. The first-order valence-corrected chi connectivity index (χ1v) is 8.46. The topological polar surface area (TPSA) is 96.9 Å². The second kappa shape index (κ2) is 8.35. The van der Waals surface area contributed by atoms with Crippen molar-refractivity contribution in [3.63, 3.8) is 0 Å². The predicted octanol–water partition coefficient (Wildman–Crippen LogP) is 1.02. The molecule has 0 saturated carbocycles. The lowest BCUT2D eigenvalue weighted by Gasteiger charge is -2.32. The zero-order valence-corrected chi connectivity index (χ0v) is 15.2. The molecule has 0 radical (unpaired) electrons. The maximum atomic E-state index is 12.6. The fraction of sp³-hybridized carbons (Fsp3) is 0.333. The Morgan fingerprint density at radius 3 is 2.22 bits per heavy atom. The van der Waals surface area contributed by atoms with Crippen molar-refractivity contribution in [2.45, 2.75) is 0 Å². The van der Waals surface area contributed by atoms with Crippen LogP contribution in [-0.4, -0.2) is 67.8 Å². The van der Waals surface area contributed by atoms with E-state index in [1.54, 1.807) is 35.2 Å². The van der Waals surface area contributed by atoms with Crippen molar-refractivity contribution in [2.24, 2.45) is 0 Å². The Bertz CT molecular complexity index is 782. The van der Waals surface area contributed by atoms with Crippen LogP contribution in [0.25, 0.3) is 0 Å². The molecule has 0 unspecified atom stereocenters. The number of methoxy groups -OCH3 is 2. The Labute approximate surface area is 156 Å². The Kier molecular flexibility index (Phi) is 5.70. The number of ether oxygens (including phenoxy) is 2. The number of carbonyl (C=O) groups excluding carboxylic acids is 2. The molecule has 1 fully saturated rings. The van der Waals surface area contributed by atoms with Crippen molar-refractivity contribution >= 4 is 24.0 Å². The predicted molar refractivity (Wildman–Crippen MR) is 99.4 cm³/mol. The van der Waals surface area contributed by atoms with E-state index in [0.717, 1.165) is 6.41 Å². The summed E-state index contributed by atoms with van der Waals surface area (Å²) in [5.74, 6) is 1.44. The molecule has 1 aliphatic heterocycles. The van der Waals surface area contributed by atoms with Crippen molar-refractivity contribution in [1.29, 1.82) is 0 Å². The van der Waals surface area contributed by atoms with Gasteiger partial charge in [-0.25, -0.2) is 0 Å². The highest BCUT2D eigenvalue weighted by molar-refractivity contribution is 6.07. The number of anilines is 2. The molecule has 0 bridgehead atoms. The van der Waals surface area contributed by atoms with Gasteiger partial charge in [0.25, 0.3) is 5.91 Å². The third-order valence-corrected chi connectivity index (χ3v) is 4.33. The summed E-state index contributed by atoms with van der Waals surface area (Å²) in [4.78, 5) is 27.2. The molecular formula is C18H21N5O4. The molecule has 1 aromatic carbocycles. The molecule has 142 valence electrons. The lowest BCUT2D eigenvalue weighted by atomic mass is 10.1. The van der Waals surface area contributed by atoms with Crippen molar-refractivity contribution in [3.8, 4) is 11.5 Å². The summed E-state index contributed by atoms with van der Waals surface area (Å²) >= 11 is 0. The molecule has 9 heteroatoms. The summed E-state index contributed by atoms with van der Waals surface area (Å²) in [7, 11) is 2.98. The van der Waals surface area contributed by atoms with E-state index in [1.165, 1.54) is 14.2 Å². The molecule has 2 amide bonds. The summed E-state index contributed by atoms with van der Waals surface area (Å²) in [5.41, 5.74) is 0.290. The number of carbonyl (C=O) groups is 2. The number of amides is 2. The molecular weight excluding hydrogens is 350 g/mol. The minimum absolute atomic E-state index is 0.290. The van der Waals surface area contributed by atoms with Crippen molar-refractivity contribution < 1.29 is 19.1 Å². The van der Waals surface area contributed by atoms with Crippen LogP contribution in [0.4, 0.5) is 11.6 Å². The Hall–Kier alpha value is -3.36. The molecule has 2 heterocycles. The van der Waals surface area contributed by atoms with Gasteiger partial charge in [-0.3, -0.25) is 9.59 Å². The molecule has 9 nitrogen and oxygen atoms in total. The van der Waals surface area contributed by atoms with Crippen LogP contribution in [-0.2, 0) is 4.79 Å². The number of piperazine rings is 1. The van der Waals surface area contributed by atoms with Crippen LogP contribution in [0.2, 0.25) is 0 Å². The summed E-state index contributed by atoms with van der Waals surface area (Å²) < 4.78 is 10.5. The van der Waals surface area contributed by atoms with Crippen LogP contribution in [0.3, 0.4) is 0 Å². The molecule has 2 aromatic rings. The second-order valence-electron chi connectivity index (χ2n) is 5.90. The minimum Gasteiger partial charge on any atom is -0.496 e. The van der Waals surface area contributed by atoms with E-state index in [1.807, 2.05) is 4.90 Å². The van der Waals surface area contributed by atoms with E-state index < -0.39 is 5.91 Å². The Morgan fingerprint density at radius 2 is 1.70 bits per heavy atom. The average Bonchev–Trinajstić information content (AvgIpc) is 2.73. The van der Waals surface area contributed by atoms with Gasteiger partial charge >= 0.3 is 0 Å². The van der Waals surface area contributed by atoms with Crippen LogP contribution >= 0.6 is 0 Å². The zero-order valence-electron chi connectivity index (χ0n) is 15.2. The fourth-order valence-electron chi connectivity index (χ4n) is 2.87. The summed E-state index contributed by atoms with van der Waals surface area (Å²) in [5, 5.41) is 11.0. The van der Waals surface area contributed by atoms with Gasteiger partial charge in [-0.15, -0.1) is 10.2 Å². The largest absolute Gasteiger partial charge is 0.496 e. The van der Waals surface area contributed by atoms with Crippen LogP contribution < -0.4 is 19.7 Å². The highest BCUT2D eigenvalue weighted by Gasteiger charge is 2.20. The highest BCUT2D eigenvalue weighted by atomic mass is 16.5. The van der Waals surface area contributed by atoms with Gasteiger partial charge in [0.2, 0.25) is 6.41 Å². The number of nitrogens with zero attached hydrogens (tertiary/aromatic N) is 4. The molecule has 0 spiro atoms. The molecule has 3 rings (SSSR count). The normalized spacial score (nSPS) is 13.9. The van der Waals surface area contributed by atoms with E-state index in [0.29, 0.717) is 54.9 Å². The van der Waals surface area contributed by atoms with Crippen LogP contribution in [0.1, 0.15) is 10.4 Å². The average molecular weight is 371 g/mol. The molecule has 1 aliphatic rings. The Morgan fingerprint density at radius 1 is 1.04 bits per heavy atom. The van der Waals surface area contributed by atoms with Crippen molar-refractivity contribution in [2.75, 3.05) is 50.6 Å². The van der Waals surface area contributed by atoms with Gasteiger partial charge in [0, 0.05) is 26.2 Å². The lowest BCUT2D eigenvalue weighted by molar-refractivity contribution is -0.118. The SMILES string of the molecule is COc1cccc(OC)c1C(=O)Nc1ccc(N2CCN(C=O)CC2)nn1. The summed E-state index contributed by atoms with van der Waals surface area (Å²) in [6.07, 6.45) is 0.855. The number of hydrogen-bond acceptors (Lipinski definition) is 7. The minimum atomic E-state index is -0.397. The van der Waals surface area contributed by atoms with Gasteiger partial charge in [0.05, 0.1) is 14.2 Å². The van der Waals surface area contributed by atoms with Crippen molar-refractivity contribution in [1.82, 2.24) is 15.1 Å². The van der Waals surface area contributed by atoms with Gasteiger partial charge < -0.3 is 24.6 Å². The van der Waals surface area contributed by atoms with Crippen LogP contribution in [0.5, 0.6) is 11.5 Å². The van der Waals surface area contributed by atoms with Crippen LogP contribution in [0, 0.1) is 0 Å². The summed E-state index contributed by atoms with van der Waals surface area (Å²) in [6.45, 7) is 2.68. The number of rotatable bonds is 6. The van der Waals surface area contributed by atoms with Gasteiger partial charge in [-0.1, -0.05) is 6.07 Å². The lowest BCUT2D eigenvalue weighted by Crippen LogP contribution is -2.46. The first kappa shape index (κ1) is 18.4. The van der Waals surface area contributed by atoms with Gasteiger partial charge in [0.15, 0.2) is 11.6 Å². The van der Waals surface area contributed by atoms with E-state index >= 15 is 0 Å². The summed E-state index contributed by atoms with van der Waals surface area (Å²) in [6, 6.07) is 8.59. The number of nitrogens with one attached hydrogen (secondary N) is 1. The first-order chi connectivity index (χ1) is 13.2. The van der Waals surface area contributed by atoms with Gasteiger partial charge in [0.1, 0.15) is 17.1 Å². The van der Waals surface area contributed by atoms with E-state index in [-0.39, 0.29) is 0 Å².